The second-order valence-electron chi connectivity index (χ2n) is 2.63. The van der Waals surface area contributed by atoms with Crippen LogP contribution in [0.4, 0.5) is 10.1 Å². The Morgan fingerprint density at radius 2 is 2.29 bits per heavy atom. The Hall–Kier alpha value is -0.550. The lowest BCUT2D eigenvalue weighted by Gasteiger charge is -2.04. The molecule has 0 aliphatic carbocycles. The number of nitrogens with two attached hydrogens (primary N) is 1. The molecule has 2 nitrogen and oxygen atoms in total. The van der Waals surface area contributed by atoms with Gasteiger partial charge in [-0.1, -0.05) is 18.7 Å². The van der Waals surface area contributed by atoms with Crippen molar-refractivity contribution in [3.8, 4) is 0 Å². The molecule has 76 valence electrons. The summed E-state index contributed by atoms with van der Waals surface area (Å²) in [5.74, 6) is -0.481. The second-order valence-corrected chi connectivity index (χ2v) is 4.59. The minimum Gasteiger partial charge on any atom is -0.396 e. The molecule has 2 N–H and O–H groups in total. The average molecular weight is 278 g/mol. The van der Waals surface area contributed by atoms with Crippen LogP contribution in [0.3, 0.4) is 0 Å². The fraction of sp³-hybridized carbons (Fsp3) is 0.222. The molecule has 5 heteroatoms. The van der Waals surface area contributed by atoms with E-state index in [-0.39, 0.29) is 10.8 Å². The van der Waals surface area contributed by atoms with Gasteiger partial charge >= 0.3 is 0 Å². The Bertz CT molecular complexity index is 370. The smallest absolute Gasteiger partial charge is 0.193 e. The number of carbonyl (C=O) groups excluding carboxylic acids is 1. The van der Waals surface area contributed by atoms with Gasteiger partial charge in [-0.05, 0) is 28.1 Å². The summed E-state index contributed by atoms with van der Waals surface area (Å²) in [5.41, 5.74) is 5.44. The lowest BCUT2D eigenvalue weighted by molar-refractivity contribution is -0.110. The number of rotatable bonds is 2. The number of thioether (sulfide) groups is 1. The van der Waals surface area contributed by atoms with Gasteiger partial charge in [0.1, 0.15) is 5.82 Å². The molecule has 0 aromatic heterocycles. The van der Waals surface area contributed by atoms with Gasteiger partial charge in [0, 0.05) is 15.8 Å². The summed E-state index contributed by atoms with van der Waals surface area (Å²) in [5, 5.41) is 0.0247. The maximum absolute atomic E-state index is 12.9. The van der Waals surface area contributed by atoms with E-state index in [4.69, 9.17) is 5.73 Å². The van der Waals surface area contributed by atoms with Crippen LogP contribution in [0.15, 0.2) is 21.5 Å². The summed E-state index contributed by atoms with van der Waals surface area (Å²) in [6.07, 6.45) is 0.439. The molecule has 0 fully saturated rings. The first kappa shape index (κ1) is 11.5. The molecule has 0 aliphatic heterocycles. The van der Waals surface area contributed by atoms with Crippen molar-refractivity contribution in [2.75, 3.05) is 5.73 Å². The van der Waals surface area contributed by atoms with Gasteiger partial charge in [-0.25, -0.2) is 4.39 Å². The van der Waals surface area contributed by atoms with Gasteiger partial charge in [0.2, 0.25) is 0 Å². The summed E-state index contributed by atoms with van der Waals surface area (Å²) in [6.45, 7) is 1.77. The van der Waals surface area contributed by atoms with Gasteiger partial charge in [-0.3, -0.25) is 4.79 Å². The van der Waals surface area contributed by atoms with Gasteiger partial charge in [0.15, 0.2) is 5.12 Å². The predicted octanol–water partition coefficient (Wildman–Crippen LogP) is 3.20. The third kappa shape index (κ3) is 2.72. The fourth-order valence-corrected chi connectivity index (χ4v) is 2.11. The van der Waals surface area contributed by atoms with E-state index in [0.717, 1.165) is 11.8 Å². The fourth-order valence-electron chi connectivity index (χ4n) is 0.818. The zero-order valence-electron chi connectivity index (χ0n) is 7.51. The highest BCUT2D eigenvalue weighted by atomic mass is 79.9. The highest BCUT2D eigenvalue weighted by Gasteiger charge is 2.09. The topological polar surface area (TPSA) is 43.1 Å². The zero-order chi connectivity index (χ0) is 10.7. The molecule has 1 aromatic carbocycles. The van der Waals surface area contributed by atoms with Crippen LogP contribution in [0.25, 0.3) is 0 Å². The van der Waals surface area contributed by atoms with E-state index in [0.29, 0.717) is 15.8 Å². The highest BCUT2D eigenvalue weighted by Crippen LogP contribution is 2.31. The summed E-state index contributed by atoms with van der Waals surface area (Å²) in [7, 11) is 0. The molecule has 0 aliphatic rings. The molecule has 0 heterocycles. The molecule has 0 saturated carbocycles. The highest BCUT2D eigenvalue weighted by molar-refractivity contribution is 9.10. The standard InChI is InChI=1S/C9H9BrFNOS/c1-2-9(13)14-8-4-7(12)6(11)3-5(8)10/h3-4H,2,12H2,1H3. The zero-order valence-corrected chi connectivity index (χ0v) is 9.91. The Labute approximate surface area is 94.2 Å². The van der Waals surface area contributed by atoms with Gasteiger partial charge in [-0.15, -0.1) is 0 Å². The Morgan fingerprint density at radius 1 is 1.64 bits per heavy atom. The van der Waals surface area contributed by atoms with Crippen LogP contribution in [0, 0.1) is 5.82 Å². The van der Waals surface area contributed by atoms with E-state index in [2.05, 4.69) is 15.9 Å². The molecule has 14 heavy (non-hydrogen) atoms. The molecular weight excluding hydrogens is 269 g/mol. The summed E-state index contributed by atoms with van der Waals surface area (Å²) >= 11 is 4.23. The Kier molecular flexibility index (Phi) is 3.95. The number of carbonyl (C=O) groups is 1. The van der Waals surface area contributed by atoms with Crippen molar-refractivity contribution >= 4 is 38.5 Å². The number of hydrogen-bond donors (Lipinski definition) is 1. The van der Waals surface area contributed by atoms with E-state index in [1.807, 2.05) is 0 Å². The SMILES string of the molecule is CCC(=O)Sc1cc(N)c(F)cc1Br. The molecule has 0 spiro atoms. The average Bonchev–Trinajstić information content (AvgIpc) is 2.14. The van der Waals surface area contributed by atoms with Gasteiger partial charge < -0.3 is 5.73 Å². The number of anilines is 1. The first-order valence-electron chi connectivity index (χ1n) is 3.99. The van der Waals surface area contributed by atoms with Gasteiger partial charge in [-0.2, -0.15) is 0 Å². The van der Waals surface area contributed by atoms with Crippen LogP contribution in [-0.2, 0) is 4.79 Å². The molecule has 1 rings (SSSR count). The van der Waals surface area contributed by atoms with Crippen molar-refractivity contribution in [2.24, 2.45) is 0 Å². The molecular formula is C9H9BrFNOS. The second kappa shape index (κ2) is 4.79. The van der Waals surface area contributed by atoms with Crippen LogP contribution in [0.2, 0.25) is 0 Å². The minimum atomic E-state index is -0.481. The van der Waals surface area contributed by atoms with E-state index in [1.165, 1.54) is 12.1 Å². The first-order chi connectivity index (χ1) is 6.54. The molecule has 0 radical (unpaired) electrons. The van der Waals surface area contributed by atoms with Crippen molar-refractivity contribution in [1.29, 1.82) is 0 Å². The van der Waals surface area contributed by atoms with Crippen LogP contribution in [-0.4, -0.2) is 5.12 Å². The van der Waals surface area contributed by atoms with Crippen LogP contribution in [0.5, 0.6) is 0 Å². The maximum Gasteiger partial charge on any atom is 0.193 e. The first-order valence-corrected chi connectivity index (χ1v) is 5.60. The summed E-state index contributed by atoms with van der Waals surface area (Å²) < 4.78 is 13.5. The normalized spacial score (nSPS) is 10.2. The minimum absolute atomic E-state index is 0.0247. The number of hydrogen-bond acceptors (Lipinski definition) is 3. The van der Waals surface area contributed by atoms with Crippen LogP contribution in [0.1, 0.15) is 13.3 Å². The van der Waals surface area contributed by atoms with Crippen LogP contribution < -0.4 is 5.73 Å². The lowest BCUT2D eigenvalue weighted by atomic mass is 10.3. The quantitative estimate of drug-likeness (QED) is 0.667. The molecule has 0 amide bonds. The molecule has 1 aromatic rings. The lowest BCUT2D eigenvalue weighted by Crippen LogP contribution is -1.93. The maximum atomic E-state index is 12.9. The third-order valence-corrected chi connectivity index (χ3v) is 3.56. The monoisotopic (exact) mass is 277 g/mol. The van der Waals surface area contributed by atoms with E-state index in [1.54, 1.807) is 6.92 Å². The van der Waals surface area contributed by atoms with Crippen molar-refractivity contribution < 1.29 is 9.18 Å². The van der Waals surface area contributed by atoms with Crippen molar-refractivity contribution in [1.82, 2.24) is 0 Å². The van der Waals surface area contributed by atoms with E-state index >= 15 is 0 Å². The predicted molar refractivity (Wildman–Crippen MR) is 59.7 cm³/mol. The third-order valence-electron chi connectivity index (χ3n) is 1.56. The van der Waals surface area contributed by atoms with E-state index < -0.39 is 5.82 Å². The van der Waals surface area contributed by atoms with Gasteiger partial charge in [0.25, 0.3) is 0 Å². The molecule has 0 saturated heterocycles. The van der Waals surface area contributed by atoms with Crippen LogP contribution >= 0.6 is 27.7 Å². The number of benzene rings is 1. The van der Waals surface area contributed by atoms with Gasteiger partial charge in [0.05, 0.1) is 5.69 Å². The number of halogens is 2. The molecule has 0 bridgehead atoms. The van der Waals surface area contributed by atoms with Crippen molar-refractivity contribution in [2.45, 2.75) is 18.2 Å². The van der Waals surface area contributed by atoms with E-state index in [9.17, 15) is 9.18 Å². The summed E-state index contributed by atoms with van der Waals surface area (Å²) in [4.78, 5) is 11.8. The molecule has 0 atom stereocenters. The van der Waals surface area contributed by atoms with Crippen molar-refractivity contribution in [3.63, 3.8) is 0 Å². The number of nitrogen functional groups attached to an aromatic ring is 1. The molecule has 0 unspecified atom stereocenters. The van der Waals surface area contributed by atoms with Crippen molar-refractivity contribution in [3.05, 3.63) is 22.4 Å². The summed E-state index contributed by atoms with van der Waals surface area (Å²) in [6, 6.07) is 2.72. The Balaban J connectivity index is 2.98. The Morgan fingerprint density at radius 3 is 2.86 bits per heavy atom. The largest absolute Gasteiger partial charge is 0.396 e.